The molecule has 0 spiro atoms. The van der Waals surface area contributed by atoms with Crippen LogP contribution in [0.15, 0.2) is 0 Å². The van der Waals surface area contributed by atoms with Gasteiger partial charge in [-0.05, 0) is 67.9 Å². The molecule has 1 fully saturated rings. The van der Waals surface area contributed by atoms with E-state index in [1.807, 2.05) is 27.7 Å². The molecule has 1 heterocycles. The van der Waals surface area contributed by atoms with Gasteiger partial charge >= 0.3 is 6.09 Å². The number of alkyl carbamates (subject to hydrolysis) is 1. The molecule has 3 N–H and O–H groups in total. The number of carbonyl (C=O) groups excluding carboxylic acids is 3. The quantitative estimate of drug-likeness (QED) is 0.591. The first-order chi connectivity index (χ1) is 12.8. The molecule has 162 valence electrons. The van der Waals surface area contributed by atoms with Crippen LogP contribution >= 0.6 is 0 Å². The predicted octanol–water partition coefficient (Wildman–Crippen LogP) is 1.64. The normalized spacial score (nSPS) is 19.5. The lowest BCUT2D eigenvalue weighted by atomic mass is 9.95. The summed E-state index contributed by atoms with van der Waals surface area (Å²) in [5.41, 5.74) is -0.825. The van der Waals surface area contributed by atoms with Crippen LogP contribution in [0.1, 0.15) is 61.3 Å². The Kier molecular flexibility index (Phi) is 8.73. The number of nitrogens with one attached hydrogen (secondary N) is 3. The topological polar surface area (TPSA) is 99.8 Å². The third kappa shape index (κ3) is 9.39. The molecule has 28 heavy (non-hydrogen) atoms. The Morgan fingerprint density at radius 2 is 1.68 bits per heavy atom. The third-order valence-electron chi connectivity index (χ3n) is 4.34. The number of piperidine rings is 1. The summed E-state index contributed by atoms with van der Waals surface area (Å²) in [5, 5.41) is 8.48. The van der Waals surface area contributed by atoms with Gasteiger partial charge in [0.1, 0.15) is 5.60 Å². The Morgan fingerprint density at radius 1 is 1.07 bits per heavy atom. The highest BCUT2D eigenvalue weighted by Gasteiger charge is 2.31. The average Bonchev–Trinajstić information content (AvgIpc) is 2.54. The van der Waals surface area contributed by atoms with Gasteiger partial charge in [0.05, 0.1) is 12.0 Å². The molecule has 1 aliphatic heterocycles. The number of nitrogens with zero attached hydrogens (tertiary/aromatic N) is 1. The van der Waals surface area contributed by atoms with Gasteiger partial charge in [-0.25, -0.2) is 4.79 Å². The highest BCUT2D eigenvalue weighted by molar-refractivity contribution is 5.82. The standard InChI is InChI=1S/C20H38N4O4/c1-14(16(25)23-19(2,3)4)24-12-8-9-15(13-24)17(26)21-10-11-22-18(27)28-20(5,6)7/h14-15H,8-13H2,1-7H3,(H,21,26)(H,22,27)(H,23,25). The fourth-order valence-corrected chi connectivity index (χ4v) is 3.02. The van der Waals surface area contributed by atoms with Gasteiger partial charge in [0, 0.05) is 25.2 Å². The molecule has 1 rings (SSSR count). The summed E-state index contributed by atoms with van der Waals surface area (Å²) in [6.07, 6.45) is 1.18. The molecule has 0 aromatic carbocycles. The summed E-state index contributed by atoms with van der Waals surface area (Å²) in [6.45, 7) is 15.2. The lowest BCUT2D eigenvalue weighted by molar-refractivity contribution is -0.132. The monoisotopic (exact) mass is 398 g/mol. The second kappa shape index (κ2) is 10.1. The number of ether oxygens (including phenoxy) is 1. The smallest absolute Gasteiger partial charge is 0.407 e. The van der Waals surface area contributed by atoms with Gasteiger partial charge in [-0.15, -0.1) is 0 Å². The largest absolute Gasteiger partial charge is 0.444 e. The highest BCUT2D eigenvalue weighted by atomic mass is 16.6. The van der Waals surface area contributed by atoms with Crippen molar-refractivity contribution < 1.29 is 19.1 Å². The number of amides is 3. The Morgan fingerprint density at radius 3 is 2.25 bits per heavy atom. The van der Waals surface area contributed by atoms with Crippen LogP contribution < -0.4 is 16.0 Å². The van der Waals surface area contributed by atoms with Crippen molar-refractivity contribution in [3.63, 3.8) is 0 Å². The summed E-state index contributed by atoms with van der Waals surface area (Å²) in [7, 11) is 0. The third-order valence-corrected chi connectivity index (χ3v) is 4.34. The summed E-state index contributed by atoms with van der Waals surface area (Å²) in [4.78, 5) is 38.5. The van der Waals surface area contributed by atoms with Gasteiger partial charge in [0.2, 0.25) is 11.8 Å². The van der Waals surface area contributed by atoms with Gasteiger partial charge in [0.15, 0.2) is 0 Å². The molecule has 0 radical (unpaired) electrons. The van der Waals surface area contributed by atoms with Crippen molar-refractivity contribution in [3.05, 3.63) is 0 Å². The molecule has 1 saturated heterocycles. The van der Waals surface area contributed by atoms with E-state index in [2.05, 4.69) is 20.9 Å². The molecular weight excluding hydrogens is 360 g/mol. The van der Waals surface area contributed by atoms with Crippen LogP contribution in [0.4, 0.5) is 4.79 Å². The second-order valence-electron chi connectivity index (χ2n) is 9.47. The molecule has 0 bridgehead atoms. The van der Waals surface area contributed by atoms with Crippen molar-refractivity contribution >= 4 is 17.9 Å². The van der Waals surface area contributed by atoms with Crippen LogP contribution in [-0.4, -0.2) is 66.2 Å². The van der Waals surface area contributed by atoms with Gasteiger partial charge in [-0.2, -0.15) is 0 Å². The molecule has 0 saturated carbocycles. The van der Waals surface area contributed by atoms with E-state index in [9.17, 15) is 14.4 Å². The molecule has 0 aromatic rings. The van der Waals surface area contributed by atoms with Gasteiger partial charge in [-0.1, -0.05) is 0 Å². The van der Waals surface area contributed by atoms with Crippen molar-refractivity contribution in [2.75, 3.05) is 26.2 Å². The van der Waals surface area contributed by atoms with Crippen molar-refractivity contribution in [2.45, 2.75) is 78.5 Å². The number of hydrogen-bond donors (Lipinski definition) is 3. The first-order valence-corrected chi connectivity index (χ1v) is 10.1. The maximum atomic E-state index is 12.5. The summed E-state index contributed by atoms with van der Waals surface area (Å²) >= 11 is 0. The number of likely N-dealkylation sites (tertiary alicyclic amines) is 1. The van der Waals surface area contributed by atoms with E-state index in [0.717, 1.165) is 19.4 Å². The van der Waals surface area contributed by atoms with E-state index in [-0.39, 0.29) is 29.3 Å². The van der Waals surface area contributed by atoms with E-state index >= 15 is 0 Å². The Labute approximate surface area is 169 Å². The highest BCUT2D eigenvalue weighted by Crippen LogP contribution is 2.19. The molecule has 0 aromatic heterocycles. The molecule has 8 nitrogen and oxygen atoms in total. The first-order valence-electron chi connectivity index (χ1n) is 10.1. The summed E-state index contributed by atoms with van der Waals surface area (Å²) < 4.78 is 5.15. The van der Waals surface area contributed by atoms with Crippen LogP contribution in [-0.2, 0) is 14.3 Å². The van der Waals surface area contributed by atoms with E-state index in [1.54, 1.807) is 20.8 Å². The first kappa shape index (κ1) is 24.2. The summed E-state index contributed by atoms with van der Waals surface area (Å²) in [6, 6.07) is -0.274. The van der Waals surface area contributed by atoms with Crippen molar-refractivity contribution in [3.8, 4) is 0 Å². The average molecular weight is 399 g/mol. The maximum absolute atomic E-state index is 12.5. The Hall–Kier alpha value is -1.83. The second-order valence-corrected chi connectivity index (χ2v) is 9.47. The lowest BCUT2D eigenvalue weighted by Gasteiger charge is -2.36. The van der Waals surface area contributed by atoms with Crippen LogP contribution in [0, 0.1) is 5.92 Å². The van der Waals surface area contributed by atoms with E-state index in [1.165, 1.54) is 0 Å². The minimum Gasteiger partial charge on any atom is -0.444 e. The lowest BCUT2D eigenvalue weighted by Crippen LogP contribution is -2.54. The van der Waals surface area contributed by atoms with Crippen LogP contribution in [0.25, 0.3) is 0 Å². The number of rotatable bonds is 6. The molecule has 0 aliphatic carbocycles. The van der Waals surface area contributed by atoms with E-state index in [0.29, 0.717) is 19.6 Å². The Bertz CT molecular complexity index is 551. The molecule has 1 aliphatic rings. The van der Waals surface area contributed by atoms with E-state index in [4.69, 9.17) is 4.74 Å². The molecular formula is C20H38N4O4. The van der Waals surface area contributed by atoms with Crippen LogP contribution in [0.2, 0.25) is 0 Å². The van der Waals surface area contributed by atoms with Crippen molar-refractivity contribution in [2.24, 2.45) is 5.92 Å². The molecule has 2 unspecified atom stereocenters. The maximum Gasteiger partial charge on any atom is 0.407 e. The van der Waals surface area contributed by atoms with Gasteiger partial charge in [0.25, 0.3) is 0 Å². The summed E-state index contributed by atoms with van der Waals surface area (Å²) in [5.74, 6) is -0.214. The Balaban J connectivity index is 2.40. The zero-order chi connectivity index (χ0) is 21.5. The van der Waals surface area contributed by atoms with Crippen molar-refractivity contribution in [1.82, 2.24) is 20.9 Å². The van der Waals surface area contributed by atoms with Crippen LogP contribution in [0.3, 0.4) is 0 Å². The molecule has 3 amide bonds. The van der Waals surface area contributed by atoms with Crippen molar-refractivity contribution in [1.29, 1.82) is 0 Å². The zero-order valence-corrected chi connectivity index (χ0v) is 18.5. The van der Waals surface area contributed by atoms with E-state index < -0.39 is 11.7 Å². The fraction of sp³-hybridized carbons (Fsp3) is 0.850. The minimum absolute atomic E-state index is 0.0184. The number of carbonyl (C=O) groups is 3. The predicted molar refractivity (Wildman–Crippen MR) is 109 cm³/mol. The minimum atomic E-state index is -0.547. The fourth-order valence-electron chi connectivity index (χ4n) is 3.02. The SMILES string of the molecule is CC(C(=O)NC(C)(C)C)N1CCCC(C(=O)NCCNC(=O)OC(C)(C)C)C1. The van der Waals surface area contributed by atoms with Crippen LogP contribution in [0.5, 0.6) is 0 Å². The molecule has 2 atom stereocenters. The number of hydrogen-bond acceptors (Lipinski definition) is 5. The molecule has 8 heteroatoms. The zero-order valence-electron chi connectivity index (χ0n) is 18.5. The van der Waals surface area contributed by atoms with Gasteiger partial charge in [-0.3, -0.25) is 14.5 Å². The van der Waals surface area contributed by atoms with Gasteiger partial charge < -0.3 is 20.7 Å².